The first-order chi connectivity index (χ1) is 7.11. The van der Waals surface area contributed by atoms with Crippen LogP contribution in [0, 0.1) is 11.8 Å². The molecular weight excluding hydrogens is 208 g/mol. The van der Waals surface area contributed by atoms with Crippen molar-refractivity contribution in [3.05, 3.63) is 0 Å². The number of hydrogen-bond donors (Lipinski definition) is 0. The van der Waals surface area contributed by atoms with Gasteiger partial charge in [-0.25, -0.2) is 0 Å². The van der Waals surface area contributed by atoms with E-state index in [1.807, 2.05) is 0 Å². The van der Waals surface area contributed by atoms with Gasteiger partial charge in [-0.2, -0.15) is 0 Å². The number of halogens is 1. The highest BCUT2D eigenvalue weighted by molar-refractivity contribution is 6.20. The average molecular weight is 231 g/mol. The number of ether oxygens (including phenoxy) is 1. The lowest BCUT2D eigenvalue weighted by Gasteiger charge is -2.45. The molecule has 15 heavy (non-hydrogen) atoms. The number of alkyl halides is 1. The Kier molecular flexibility index (Phi) is 3.62. The molecule has 3 atom stereocenters. The average Bonchev–Trinajstić information content (AvgIpc) is 2.17. The summed E-state index contributed by atoms with van der Waals surface area (Å²) in [6, 6.07) is 0. The van der Waals surface area contributed by atoms with Gasteiger partial charge in [-0.3, -0.25) is 0 Å². The predicted octanol–water partition coefficient (Wildman–Crippen LogP) is 3.99. The molecule has 0 aromatic heterocycles. The molecule has 1 saturated heterocycles. The lowest BCUT2D eigenvalue weighted by Crippen LogP contribution is -2.45. The SMILES string of the molecule is CC(C)C1CCCC2(CC(Cl)CCO2)C1. The molecule has 3 unspecified atom stereocenters. The molecule has 0 N–H and O–H groups in total. The van der Waals surface area contributed by atoms with Crippen LogP contribution in [0.2, 0.25) is 0 Å². The van der Waals surface area contributed by atoms with Crippen LogP contribution in [0.1, 0.15) is 52.4 Å². The van der Waals surface area contributed by atoms with E-state index in [9.17, 15) is 0 Å². The van der Waals surface area contributed by atoms with Crippen molar-refractivity contribution in [2.75, 3.05) is 6.61 Å². The predicted molar refractivity (Wildman–Crippen MR) is 64.4 cm³/mol. The Labute approximate surface area is 98.5 Å². The molecule has 0 radical (unpaired) electrons. The van der Waals surface area contributed by atoms with Gasteiger partial charge in [0.05, 0.1) is 5.60 Å². The van der Waals surface area contributed by atoms with Crippen molar-refractivity contribution in [3.8, 4) is 0 Å². The van der Waals surface area contributed by atoms with Gasteiger partial charge in [0.15, 0.2) is 0 Å². The Morgan fingerprint density at radius 2 is 2.07 bits per heavy atom. The fraction of sp³-hybridized carbons (Fsp3) is 1.00. The molecule has 1 aliphatic carbocycles. The van der Waals surface area contributed by atoms with E-state index in [-0.39, 0.29) is 5.60 Å². The van der Waals surface area contributed by atoms with Gasteiger partial charge in [0.1, 0.15) is 0 Å². The summed E-state index contributed by atoms with van der Waals surface area (Å²) in [7, 11) is 0. The third-order valence-corrected chi connectivity index (χ3v) is 4.59. The van der Waals surface area contributed by atoms with E-state index in [1.165, 1.54) is 25.7 Å². The summed E-state index contributed by atoms with van der Waals surface area (Å²) in [5, 5.41) is 0.352. The molecule has 2 fully saturated rings. The maximum Gasteiger partial charge on any atom is 0.0699 e. The Bertz CT molecular complexity index is 213. The molecular formula is C13H23ClO. The van der Waals surface area contributed by atoms with Gasteiger partial charge in [-0.05, 0) is 43.9 Å². The standard InChI is InChI=1S/C13H23ClO/c1-10(2)11-4-3-6-13(8-11)9-12(14)5-7-15-13/h10-12H,3-9H2,1-2H3. The molecule has 2 heteroatoms. The molecule has 0 amide bonds. The minimum absolute atomic E-state index is 0.151. The van der Waals surface area contributed by atoms with E-state index in [1.54, 1.807) is 0 Å². The summed E-state index contributed by atoms with van der Waals surface area (Å²) in [4.78, 5) is 0. The molecule has 1 heterocycles. The summed E-state index contributed by atoms with van der Waals surface area (Å²) in [6.07, 6.45) is 7.31. The Hall–Kier alpha value is 0.250. The first-order valence-corrected chi connectivity index (χ1v) is 6.83. The van der Waals surface area contributed by atoms with Gasteiger partial charge in [0.25, 0.3) is 0 Å². The molecule has 88 valence electrons. The van der Waals surface area contributed by atoms with E-state index in [0.717, 1.165) is 31.3 Å². The largest absolute Gasteiger partial charge is 0.375 e. The van der Waals surface area contributed by atoms with Crippen molar-refractivity contribution in [2.24, 2.45) is 11.8 Å². The quantitative estimate of drug-likeness (QED) is 0.619. The molecule has 2 rings (SSSR count). The molecule has 1 aliphatic heterocycles. The maximum atomic E-state index is 6.29. The summed E-state index contributed by atoms with van der Waals surface area (Å²) >= 11 is 6.29. The number of rotatable bonds is 1. The van der Waals surface area contributed by atoms with Crippen LogP contribution in [0.15, 0.2) is 0 Å². The highest BCUT2D eigenvalue weighted by Gasteiger charge is 2.41. The van der Waals surface area contributed by atoms with Crippen LogP contribution in [0.3, 0.4) is 0 Å². The maximum absolute atomic E-state index is 6.29. The van der Waals surface area contributed by atoms with E-state index in [4.69, 9.17) is 16.3 Å². The Morgan fingerprint density at radius 1 is 1.27 bits per heavy atom. The molecule has 0 bridgehead atoms. The highest BCUT2D eigenvalue weighted by Crippen LogP contribution is 2.44. The van der Waals surface area contributed by atoms with Gasteiger partial charge in [-0.1, -0.05) is 20.3 Å². The van der Waals surface area contributed by atoms with E-state index in [0.29, 0.717) is 5.38 Å². The van der Waals surface area contributed by atoms with Crippen LogP contribution in [0.5, 0.6) is 0 Å². The van der Waals surface area contributed by atoms with Crippen molar-refractivity contribution in [2.45, 2.75) is 63.4 Å². The fourth-order valence-corrected chi connectivity index (χ4v) is 3.59. The second-order valence-corrected chi connectivity index (χ2v) is 6.34. The van der Waals surface area contributed by atoms with Crippen molar-refractivity contribution in [3.63, 3.8) is 0 Å². The van der Waals surface area contributed by atoms with Crippen LogP contribution in [-0.4, -0.2) is 17.6 Å². The lowest BCUT2D eigenvalue weighted by atomic mass is 9.71. The normalized spacial score (nSPS) is 42.4. The van der Waals surface area contributed by atoms with Crippen LogP contribution < -0.4 is 0 Å². The molecule has 1 nitrogen and oxygen atoms in total. The first kappa shape index (κ1) is 11.7. The lowest BCUT2D eigenvalue weighted by molar-refractivity contribution is -0.113. The van der Waals surface area contributed by atoms with Gasteiger partial charge < -0.3 is 4.74 Å². The zero-order valence-corrected chi connectivity index (χ0v) is 10.7. The summed E-state index contributed by atoms with van der Waals surface area (Å²) in [5.74, 6) is 1.64. The second-order valence-electron chi connectivity index (χ2n) is 5.72. The van der Waals surface area contributed by atoms with Crippen molar-refractivity contribution in [1.82, 2.24) is 0 Å². The smallest absolute Gasteiger partial charge is 0.0699 e. The van der Waals surface area contributed by atoms with Gasteiger partial charge in [-0.15, -0.1) is 11.6 Å². The monoisotopic (exact) mass is 230 g/mol. The van der Waals surface area contributed by atoms with Crippen LogP contribution in [0.4, 0.5) is 0 Å². The first-order valence-electron chi connectivity index (χ1n) is 6.39. The van der Waals surface area contributed by atoms with Crippen molar-refractivity contribution < 1.29 is 4.74 Å². The third-order valence-electron chi connectivity index (χ3n) is 4.22. The summed E-state index contributed by atoms with van der Waals surface area (Å²) in [5.41, 5.74) is 0.151. The zero-order chi connectivity index (χ0) is 10.9. The van der Waals surface area contributed by atoms with E-state index < -0.39 is 0 Å². The number of hydrogen-bond acceptors (Lipinski definition) is 1. The highest BCUT2D eigenvalue weighted by atomic mass is 35.5. The summed E-state index contributed by atoms with van der Waals surface area (Å²) < 4.78 is 6.07. The Balaban J connectivity index is 2.01. The third kappa shape index (κ3) is 2.68. The van der Waals surface area contributed by atoms with Gasteiger partial charge in [0.2, 0.25) is 0 Å². The van der Waals surface area contributed by atoms with Crippen molar-refractivity contribution >= 4 is 11.6 Å². The second kappa shape index (κ2) is 4.63. The van der Waals surface area contributed by atoms with Crippen LogP contribution in [0.25, 0.3) is 0 Å². The molecule has 1 saturated carbocycles. The van der Waals surface area contributed by atoms with Crippen LogP contribution in [-0.2, 0) is 4.74 Å². The molecule has 2 aliphatic rings. The minimum Gasteiger partial charge on any atom is -0.375 e. The Morgan fingerprint density at radius 3 is 2.73 bits per heavy atom. The van der Waals surface area contributed by atoms with Crippen molar-refractivity contribution in [1.29, 1.82) is 0 Å². The topological polar surface area (TPSA) is 9.23 Å². The van der Waals surface area contributed by atoms with E-state index in [2.05, 4.69) is 13.8 Å². The fourth-order valence-electron chi connectivity index (χ4n) is 3.22. The summed E-state index contributed by atoms with van der Waals surface area (Å²) in [6.45, 7) is 5.55. The molecule has 0 aromatic carbocycles. The van der Waals surface area contributed by atoms with E-state index >= 15 is 0 Å². The minimum atomic E-state index is 0.151. The zero-order valence-electron chi connectivity index (χ0n) is 9.97. The molecule has 1 spiro atoms. The van der Waals surface area contributed by atoms with Gasteiger partial charge in [0, 0.05) is 12.0 Å². The van der Waals surface area contributed by atoms with Crippen LogP contribution >= 0.6 is 11.6 Å². The van der Waals surface area contributed by atoms with Gasteiger partial charge >= 0.3 is 0 Å². The molecule has 0 aromatic rings.